The number of nitrogens with one attached hydrogen (secondary N) is 1. The van der Waals surface area contributed by atoms with E-state index >= 15 is 0 Å². The zero-order valence-corrected chi connectivity index (χ0v) is 15.1. The molecule has 2 aliphatic carbocycles. The van der Waals surface area contributed by atoms with Crippen molar-refractivity contribution in [2.24, 2.45) is 23.2 Å². The van der Waals surface area contributed by atoms with Crippen LogP contribution in [0.4, 0.5) is 0 Å². The van der Waals surface area contributed by atoms with Crippen LogP contribution in [0.15, 0.2) is 12.2 Å². The minimum atomic E-state index is 0.0568. The largest absolute Gasteiger partial charge is 0.462 e. The molecule has 4 heteroatoms. The van der Waals surface area contributed by atoms with Gasteiger partial charge in [-0.1, -0.05) is 19.1 Å². The average Bonchev–Trinajstić information content (AvgIpc) is 2.76. The monoisotopic (exact) mass is 322 g/mol. The number of hydrogen-bond acceptors (Lipinski definition) is 2. The number of ether oxygens (including phenoxy) is 1. The molecule has 0 spiro atoms. The maximum atomic E-state index is 12.4. The van der Waals surface area contributed by atoms with Gasteiger partial charge >= 0.3 is 5.97 Å². The van der Waals surface area contributed by atoms with Gasteiger partial charge in [0, 0.05) is 5.92 Å². The summed E-state index contributed by atoms with van der Waals surface area (Å²) in [4.78, 5) is 13.8. The summed E-state index contributed by atoms with van der Waals surface area (Å²) < 4.78 is 5.81. The van der Waals surface area contributed by atoms with Gasteiger partial charge in [-0.25, -0.2) is 0 Å². The molecular weight excluding hydrogens is 288 g/mol. The average molecular weight is 322 g/mol. The lowest BCUT2D eigenvalue weighted by atomic mass is 9.55. The number of hydrogen-bond donors (Lipinski definition) is 2. The van der Waals surface area contributed by atoms with Crippen molar-refractivity contribution in [3.05, 3.63) is 12.2 Å². The molecule has 23 heavy (non-hydrogen) atoms. The van der Waals surface area contributed by atoms with Gasteiger partial charge in [0.05, 0.1) is 20.6 Å². The summed E-state index contributed by atoms with van der Waals surface area (Å²) in [7, 11) is 4.34. The molecule has 4 nitrogen and oxygen atoms in total. The Balaban J connectivity index is 1.64. The van der Waals surface area contributed by atoms with Crippen molar-refractivity contribution >= 4 is 5.97 Å². The summed E-state index contributed by atoms with van der Waals surface area (Å²) in [5.41, 5.74) is 1.74. The number of carbonyl (C=O) groups is 1. The Bertz CT molecular complexity index is 476. The summed E-state index contributed by atoms with van der Waals surface area (Å²) in [6.07, 6.45) is 6.01. The van der Waals surface area contributed by atoms with Crippen molar-refractivity contribution in [3.63, 3.8) is 0 Å². The van der Waals surface area contributed by atoms with Crippen LogP contribution in [0.3, 0.4) is 0 Å². The number of allylic oxidation sites excluding steroid dienone is 1. The molecule has 0 bridgehead atoms. The molecular formula is C19H34N2O2+2. The smallest absolute Gasteiger partial charge is 0.315 e. The van der Waals surface area contributed by atoms with E-state index in [1.165, 1.54) is 29.7 Å². The fourth-order valence-corrected chi connectivity index (χ4v) is 5.21. The first-order chi connectivity index (χ1) is 10.9. The molecule has 0 aromatic heterocycles. The van der Waals surface area contributed by atoms with Crippen LogP contribution in [0.5, 0.6) is 0 Å². The first kappa shape index (κ1) is 17.0. The summed E-state index contributed by atoms with van der Waals surface area (Å²) in [6.45, 7) is 9.86. The Morgan fingerprint density at radius 1 is 1.43 bits per heavy atom. The predicted octanol–water partition coefficient (Wildman–Crippen LogP) is 0.00850. The van der Waals surface area contributed by atoms with Crippen LogP contribution in [0.2, 0.25) is 0 Å². The number of fused-ring (bicyclic) bond motifs is 2. The maximum Gasteiger partial charge on any atom is 0.315 e. The quantitative estimate of drug-likeness (QED) is 0.425. The number of likely N-dealkylation sites (N-methyl/N-ethyl adjacent to an activating group) is 1. The normalized spacial score (nSPS) is 40.0. The van der Waals surface area contributed by atoms with Crippen molar-refractivity contribution in [2.75, 3.05) is 33.7 Å². The molecule has 0 aromatic carbocycles. The van der Waals surface area contributed by atoms with Gasteiger partial charge in [0.2, 0.25) is 0 Å². The number of esters is 1. The van der Waals surface area contributed by atoms with Gasteiger partial charge in [-0.2, -0.15) is 0 Å². The Morgan fingerprint density at radius 2 is 2.22 bits per heavy atom. The van der Waals surface area contributed by atoms with Crippen LogP contribution >= 0.6 is 0 Å². The molecule has 3 aliphatic rings. The van der Waals surface area contributed by atoms with E-state index in [0.29, 0.717) is 17.3 Å². The standard InChI is InChI=1S/C19H32N2O2/c1-13-6-5-7-19(2)11-17-14(10-16(13)19)15(18(22)23-17)12-20-8-9-21(3)4/h14-17,20H,1,5-12H2,2-4H3/p+2/t14-,15-,16+,17+,19-/m0/s1. The van der Waals surface area contributed by atoms with Gasteiger partial charge in [0.15, 0.2) is 0 Å². The van der Waals surface area contributed by atoms with E-state index in [2.05, 4.69) is 32.9 Å². The van der Waals surface area contributed by atoms with E-state index in [1.54, 1.807) is 0 Å². The van der Waals surface area contributed by atoms with E-state index in [-0.39, 0.29) is 18.0 Å². The van der Waals surface area contributed by atoms with Crippen LogP contribution in [-0.2, 0) is 9.53 Å². The molecule has 0 unspecified atom stereocenters. The molecule has 1 saturated heterocycles. The van der Waals surface area contributed by atoms with Crippen LogP contribution < -0.4 is 10.2 Å². The minimum Gasteiger partial charge on any atom is -0.462 e. The lowest BCUT2D eigenvalue weighted by molar-refractivity contribution is -0.874. The molecule has 0 aromatic rings. The minimum absolute atomic E-state index is 0.0568. The summed E-state index contributed by atoms with van der Waals surface area (Å²) in [5, 5.41) is 2.31. The highest BCUT2D eigenvalue weighted by molar-refractivity contribution is 5.75. The topological polar surface area (TPSA) is 47.3 Å². The second-order valence-electron chi connectivity index (χ2n) is 8.67. The van der Waals surface area contributed by atoms with Gasteiger partial charge in [0.25, 0.3) is 0 Å². The zero-order valence-electron chi connectivity index (χ0n) is 15.1. The first-order valence-electron chi connectivity index (χ1n) is 9.39. The first-order valence-corrected chi connectivity index (χ1v) is 9.39. The van der Waals surface area contributed by atoms with E-state index in [1.807, 2.05) is 0 Å². The molecule has 1 heterocycles. The van der Waals surface area contributed by atoms with Crippen molar-refractivity contribution in [1.29, 1.82) is 0 Å². The van der Waals surface area contributed by atoms with Gasteiger partial charge < -0.3 is 15.0 Å². The molecule has 3 fully saturated rings. The SMILES string of the molecule is C=C1CCC[C@@]2(C)C[C@H]3OC(=O)[C@@H](C[NH2+]CC[NH+](C)C)[C@@H]3C[C@H]12. The zero-order chi connectivity index (χ0) is 16.6. The molecule has 2 saturated carbocycles. The number of nitrogens with two attached hydrogens (primary N) is 1. The molecule has 3 rings (SSSR count). The lowest BCUT2D eigenvalue weighted by Gasteiger charge is -2.49. The van der Waals surface area contributed by atoms with Gasteiger partial charge in [-0.05, 0) is 43.4 Å². The van der Waals surface area contributed by atoms with E-state index in [0.717, 1.165) is 32.5 Å². The fraction of sp³-hybridized carbons (Fsp3) is 0.842. The third-order valence-corrected chi connectivity index (χ3v) is 6.59. The molecule has 130 valence electrons. The third kappa shape index (κ3) is 3.34. The van der Waals surface area contributed by atoms with Crippen LogP contribution in [0.25, 0.3) is 0 Å². The second-order valence-corrected chi connectivity index (χ2v) is 8.67. The molecule has 0 amide bonds. The molecule has 5 atom stereocenters. The molecule has 3 N–H and O–H groups in total. The van der Waals surface area contributed by atoms with Crippen molar-refractivity contribution in [3.8, 4) is 0 Å². The maximum absolute atomic E-state index is 12.4. The van der Waals surface area contributed by atoms with Gasteiger partial charge in [0.1, 0.15) is 25.1 Å². The van der Waals surface area contributed by atoms with E-state index in [9.17, 15) is 4.79 Å². The van der Waals surface area contributed by atoms with Crippen LogP contribution in [0, 0.1) is 23.2 Å². The second kappa shape index (κ2) is 6.56. The third-order valence-electron chi connectivity index (χ3n) is 6.59. The highest BCUT2D eigenvalue weighted by Gasteiger charge is 2.55. The molecule has 1 aliphatic heterocycles. The van der Waals surface area contributed by atoms with Crippen LogP contribution in [0.1, 0.15) is 39.0 Å². The summed E-state index contributed by atoms with van der Waals surface area (Å²) in [5.74, 6) is 1.16. The van der Waals surface area contributed by atoms with Crippen LogP contribution in [-0.4, -0.2) is 45.8 Å². The van der Waals surface area contributed by atoms with Crippen molar-refractivity contribution < 1.29 is 19.7 Å². The van der Waals surface area contributed by atoms with E-state index in [4.69, 9.17) is 4.74 Å². The molecule has 0 radical (unpaired) electrons. The van der Waals surface area contributed by atoms with E-state index < -0.39 is 0 Å². The Morgan fingerprint density at radius 3 is 2.96 bits per heavy atom. The fourth-order valence-electron chi connectivity index (χ4n) is 5.21. The van der Waals surface area contributed by atoms with Crippen molar-refractivity contribution in [2.45, 2.75) is 45.1 Å². The van der Waals surface area contributed by atoms with Gasteiger partial charge in [-0.3, -0.25) is 4.79 Å². The Kier molecular flexibility index (Phi) is 4.84. The lowest BCUT2D eigenvalue weighted by Crippen LogP contribution is -3.09. The number of rotatable bonds is 5. The Hall–Kier alpha value is -0.870. The Labute approximate surface area is 140 Å². The van der Waals surface area contributed by atoms with Gasteiger partial charge in [-0.15, -0.1) is 0 Å². The number of quaternary nitrogens is 2. The van der Waals surface area contributed by atoms with Crippen molar-refractivity contribution in [1.82, 2.24) is 0 Å². The summed E-state index contributed by atoms with van der Waals surface area (Å²) >= 11 is 0. The predicted molar refractivity (Wildman–Crippen MR) is 90.0 cm³/mol. The summed E-state index contributed by atoms with van der Waals surface area (Å²) in [6, 6.07) is 0. The number of carbonyl (C=O) groups excluding carboxylic acids is 1. The highest BCUT2D eigenvalue weighted by atomic mass is 16.6. The highest BCUT2D eigenvalue weighted by Crippen LogP contribution is 2.56.